The molecule has 0 aliphatic heterocycles. The maximum absolute atomic E-state index is 5.86. The lowest BCUT2D eigenvalue weighted by Gasteiger charge is -2.10. The van der Waals surface area contributed by atoms with Gasteiger partial charge in [0.25, 0.3) is 0 Å². The number of aromatic nitrogens is 3. The maximum Gasteiger partial charge on any atom is 0.200 e. The molecule has 7 heteroatoms. The van der Waals surface area contributed by atoms with Crippen molar-refractivity contribution >= 4 is 27.7 Å². The smallest absolute Gasteiger partial charge is 0.200 e. The molecule has 0 spiro atoms. The minimum Gasteiger partial charge on any atom is -0.493 e. The third kappa shape index (κ3) is 5.10. The number of halogens is 1. The van der Waals surface area contributed by atoms with E-state index in [-0.39, 0.29) is 0 Å². The summed E-state index contributed by atoms with van der Waals surface area (Å²) in [5.41, 5.74) is 2.36. The van der Waals surface area contributed by atoms with Crippen molar-refractivity contribution in [3.8, 4) is 17.3 Å². The number of benzene rings is 2. The van der Waals surface area contributed by atoms with E-state index < -0.39 is 0 Å². The molecule has 0 atom stereocenters. The molecule has 0 aliphatic carbocycles. The molecule has 2 heterocycles. The lowest BCUT2D eigenvalue weighted by Crippen LogP contribution is -2.06. The summed E-state index contributed by atoms with van der Waals surface area (Å²) in [5, 5.41) is 9.62. The van der Waals surface area contributed by atoms with Gasteiger partial charge in [-0.15, -0.1) is 10.2 Å². The van der Waals surface area contributed by atoms with Crippen LogP contribution in [0.2, 0.25) is 0 Å². The molecule has 0 saturated carbocycles. The molecule has 0 saturated heterocycles. The van der Waals surface area contributed by atoms with E-state index in [1.807, 2.05) is 48.5 Å². The highest BCUT2D eigenvalue weighted by atomic mass is 79.9. The van der Waals surface area contributed by atoms with E-state index in [2.05, 4.69) is 55.8 Å². The van der Waals surface area contributed by atoms with Crippen molar-refractivity contribution in [2.24, 2.45) is 0 Å². The zero-order valence-electron chi connectivity index (χ0n) is 15.9. The maximum atomic E-state index is 5.86. The Balaban J connectivity index is 1.49. The SMILES string of the molecule is Cc1cccc(OCCSc2nnc(-c3ccc(Br)o3)n2Cc2ccccc2)c1. The average Bonchev–Trinajstić information content (AvgIpc) is 3.32. The third-order valence-corrected chi connectivity index (χ3v) is 5.62. The molecule has 2 aromatic carbocycles. The van der Waals surface area contributed by atoms with Crippen molar-refractivity contribution in [3.63, 3.8) is 0 Å². The monoisotopic (exact) mass is 469 g/mol. The lowest BCUT2D eigenvalue weighted by atomic mass is 10.2. The summed E-state index contributed by atoms with van der Waals surface area (Å²) in [6.07, 6.45) is 0. The molecule has 4 aromatic rings. The van der Waals surface area contributed by atoms with Gasteiger partial charge < -0.3 is 9.15 Å². The molecule has 29 heavy (non-hydrogen) atoms. The number of aryl methyl sites for hydroxylation is 1. The van der Waals surface area contributed by atoms with Gasteiger partial charge >= 0.3 is 0 Å². The van der Waals surface area contributed by atoms with Crippen molar-refractivity contribution in [1.82, 2.24) is 14.8 Å². The van der Waals surface area contributed by atoms with E-state index in [1.165, 1.54) is 11.1 Å². The van der Waals surface area contributed by atoms with Gasteiger partial charge in [-0.2, -0.15) is 0 Å². The fourth-order valence-electron chi connectivity index (χ4n) is 2.92. The quantitative estimate of drug-likeness (QED) is 0.240. The molecular weight excluding hydrogens is 450 g/mol. The number of nitrogens with zero attached hydrogens (tertiary/aromatic N) is 3. The minimum absolute atomic E-state index is 0.591. The number of thioether (sulfide) groups is 1. The Morgan fingerprint density at radius 2 is 1.90 bits per heavy atom. The normalized spacial score (nSPS) is 11.0. The summed E-state index contributed by atoms with van der Waals surface area (Å²) >= 11 is 4.98. The standard InChI is InChI=1S/C22H20BrN3O2S/c1-16-6-5-9-18(14-16)27-12-13-29-22-25-24-21(19-10-11-20(23)28-19)26(22)15-17-7-3-2-4-8-17/h2-11,14H,12-13,15H2,1H3. The van der Waals surface area contributed by atoms with Crippen molar-refractivity contribution in [2.45, 2.75) is 18.6 Å². The topological polar surface area (TPSA) is 53.1 Å². The van der Waals surface area contributed by atoms with E-state index in [1.54, 1.807) is 11.8 Å². The number of hydrogen-bond acceptors (Lipinski definition) is 5. The molecule has 148 valence electrons. The summed E-state index contributed by atoms with van der Waals surface area (Å²) in [5.74, 6) is 3.05. The van der Waals surface area contributed by atoms with Crippen LogP contribution in [0.25, 0.3) is 11.6 Å². The fourth-order valence-corrected chi connectivity index (χ4v) is 3.98. The van der Waals surface area contributed by atoms with E-state index in [0.29, 0.717) is 29.4 Å². The van der Waals surface area contributed by atoms with Crippen LogP contribution in [0.3, 0.4) is 0 Å². The molecule has 4 rings (SSSR count). The third-order valence-electron chi connectivity index (χ3n) is 4.27. The van der Waals surface area contributed by atoms with Crippen LogP contribution in [0.5, 0.6) is 5.75 Å². The molecule has 5 nitrogen and oxygen atoms in total. The van der Waals surface area contributed by atoms with Gasteiger partial charge in [-0.25, -0.2) is 0 Å². The largest absolute Gasteiger partial charge is 0.493 e. The van der Waals surface area contributed by atoms with E-state index in [0.717, 1.165) is 16.7 Å². The van der Waals surface area contributed by atoms with Gasteiger partial charge in [-0.1, -0.05) is 54.2 Å². The zero-order chi connectivity index (χ0) is 20.1. The van der Waals surface area contributed by atoms with Crippen LogP contribution in [0.1, 0.15) is 11.1 Å². The van der Waals surface area contributed by atoms with Gasteiger partial charge in [0.2, 0.25) is 5.82 Å². The fraction of sp³-hybridized carbons (Fsp3) is 0.182. The predicted molar refractivity (Wildman–Crippen MR) is 118 cm³/mol. The van der Waals surface area contributed by atoms with Gasteiger partial charge in [0.1, 0.15) is 5.75 Å². The highest BCUT2D eigenvalue weighted by molar-refractivity contribution is 9.10. The number of furan rings is 1. The van der Waals surface area contributed by atoms with Gasteiger partial charge in [0.05, 0.1) is 13.2 Å². The first-order valence-corrected chi connectivity index (χ1v) is 11.0. The van der Waals surface area contributed by atoms with E-state index in [4.69, 9.17) is 9.15 Å². The summed E-state index contributed by atoms with van der Waals surface area (Å²) in [4.78, 5) is 0. The predicted octanol–water partition coefficient (Wildman–Crippen LogP) is 5.83. The first-order chi connectivity index (χ1) is 14.2. The molecule has 0 unspecified atom stereocenters. The van der Waals surface area contributed by atoms with Crippen molar-refractivity contribution < 1.29 is 9.15 Å². The van der Waals surface area contributed by atoms with Crippen molar-refractivity contribution in [3.05, 3.63) is 82.5 Å². The second kappa shape index (κ2) is 9.33. The molecule has 0 bridgehead atoms. The summed E-state index contributed by atoms with van der Waals surface area (Å²) in [7, 11) is 0. The van der Waals surface area contributed by atoms with Crippen LogP contribution < -0.4 is 4.74 Å². The van der Waals surface area contributed by atoms with Crippen LogP contribution in [0.15, 0.2) is 81.0 Å². The Hall–Kier alpha value is -2.51. The summed E-state index contributed by atoms with van der Waals surface area (Å²) in [6.45, 7) is 3.32. The van der Waals surface area contributed by atoms with Crippen molar-refractivity contribution in [1.29, 1.82) is 0 Å². The zero-order valence-corrected chi connectivity index (χ0v) is 18.3. The Bertz CT molecular complexity index is 1080. The van der Waals surface area contributed by atoms with Crippen LogP contribution in [0.4, 0.5) is 0 Å². The molecular formula is C22H20BrN3O2S. The Morgan fingerprint density at radius 3 is 2.66 bits per heavy atom. The lowest BCUT2D eigenvalue weighted by molar-refractivity contribution is 0.343. The highest BCUT2D eigenvalue weighted by Crippen LogP contribution is 2.28. The summed E-state index contributed by atoms with van der Waals surface area (Å²) in [6, 6.07) is 22.1. The van der Waals surface area contributed by atoms with E-state index in [9.17, 15) is 0 Å². The first kappa shape index (κ1) is 19.8. The van der Waals surface area contributed by atoms with Gasteiger partial charge in [-0.05, 0) is 58.2 Å². The van der Waals surface area contributed by atoms with Gasteiger partial charge in [-0.3, -0.25) is 4.57 Å². The number of hydrogen-bond donors (Lipinski definition) is 0. The summed E-state index contributed by atoms with van der Waals surface area (Å²) < 4.78 is 14.3. The van der Waals surface area contributed by atoms with Gasteiger partial charge in [0.15, 0.2) is 15.6 Å². The van der Waals surface area contributed by atoms with Crippen LogP contribution >= 0.6 is 27.7 Å². The molecule has 0 aliphatic rings. The molecule has 0 radical (unpaired) electrons. The van der Waals surface area contributed by atoms with Crippen LogP contribution in [0, 0.1) is 6.92 Å². The van der Waals surface area contributed by atoms with Crippen LogP contribution in [-0.4, -0.2) is 27.1 Å². The molecule has 0 amide bonds. The number of ether oxygens (including phenoxy) is 1. The Labute approximate surface area is 182 Å². The average molecular weight is 470 g/mol. The second-order valence-electron chi connectivity index (χ2n) is 6.50. The Kier molecular flexibility index (Phi) is 6.36. The molecule has 0 fully saturated rings. The minimum atomic E-state index is 0.591. The highest BCUT2D eigenvalue weighted by Gasteiger charge is 2.17. The molecule has 2 aromatic heterocycles. The first-order valence-electron chi connectivity index (χ1n) is 9.24. The molecule has 0 N–H and O–H groups in total. The van der Waals surface area contributed by atoms with Crippen LogP contribution in [-0.2, 0) is 6.54 Å². The second-order valence-corrected chi connectivity index (χ2v) is 8.34. The van der Waals surface area contributed by atoms with Gasteiger partial charge in [0, 0.05) is 5.75 Å². The van der Waals surface area contributed by atoms with E-state index >= 15 is 0 Å². The van der Waals surface area contributed by atoms with Crippen molar-refractivity contribution in [2.75, 3.05) is 12.4 Å². The number of rotatable bonds is 8. The Morgan fingerprint density at radius 1 is 1.03 bits per heavy atom.